The number of aromatic nitrogens is 1. The third kappa shape index (κ3) is 5.37. The van der Waals surface area contributed by atoms with Crippen molar-refractivity contribution in [1.82, 2.24) is 4.57 Å². The van der Waals surface area contributed by atoms with E-state index in [1.165, 1.54) is 41.0 Å². The van der Waals surface area contributed by atoms with E-state index < -0.39 is 6.04 Å². The summed E-state index contributed by atoms with van der Waals surface area (Å²) in [4.78, 5) is 35.7. The van der Waals surface area contributed by atoms with Crippen LogP contribution in [0, 0.1) is 6.92 Å². The molecule has 4 aromatic rings. The number of carbonyl (C=O) groups is 1. The van der Waals surface area contributed by atoms with Gasteiger partial charge < -0.3 is 10.2 Å². The molecule has 0 aliphatic carbocycles. The van der Waals surface area contributed by atoms with Gasteiger partial charge in [0.15, 0.2) is 4.80 Å². The smallest absolute Gasteiger partial charge is 0.271 e. The van der Waals surface area contributed by atoms with Gasteiger partial charge >= 0.3 is 0 Å². The summed E-state index contributed by atoms with van der Waals surface area (Å²) >= 11 is 1.37. The molecular formula is C35H36N4O2S. The van der Waals surface area contributed by atoms with Crippen molar-refractivity contribution in [3.05, 3.63) is 126 Å². The van der Waals surface area contributed by atoms with Gasteiger partial charge in [-0.25, -0.2) is 4.99 Å². The third-order valence-corrected chi connectivity index (χ3v) is 9.17. The van der Waals surface area contributed by atoms with Gasteiger partial charge in [0, 0.05) is 24.5 Å². The van der Waals surface area contributed by atoms with Gasteiger partial charge in [0.25, 0.3) is 11.5 Å². The van der Waals surface area contributed by atoms with Crippen LogP contribution in [0.1, 0.15) is 67.8 Å². The molecule has 3 aromatic carbocycles. The van der Waals surface area contributed by atoms with Crippen molar-refractivity contribution in [2.45, 2.75) is 52.5 Å². The van der Waals surface area contributed by atoms with Crippen molar-refractivity contribution in [3.63, 3.8) is 0 Å². The molecule has 1 aromatic heterocycles. The topological polar surface area (TPSA) is 66.7 Å². The number of benzene rings is 3. The Balaban J connectivity index is 1.45. The van der Waals surface area contributed by atoms with Crippen molar-refractivity contribution in [1.29, 1.82) is 0 Å². The minimum Gasteiger partial charge on any atom is -0.371 e. The number of allylic oxidation sites excluding steroid dienone is 1. The number of carbonyl (C=O) groups excluding carboxylic acids is 1. The minimum absolute atomic E-state index is 0.143. The first-order valence-corrected chi connectivity index (χ1v) is 15.5. The SMILES string of the molecule is CC1=C(C(=O)Nc2ccccc2)[C@H](c2ccc(C(C)C)cc2)n2c(s/c(=C/c3ccc(N4CCCC4)c(C)c3)c2=O)=N1. The van der Waals surface area contributed by atoms with Crippen molar-refractivity contribution >= 4 is 34.7 Å². The van der Waals surface area contributed by atoms with Crippen LogP contribution in [-0.4, -0.2) is 23.6 Å². The number of amides is 1. The van der Waals surface area contributed by atoms with Gasteiger partial charge in [-0.1, -0.05) is 73.7 Å². The molecule has 1 N–H and O–H groups in total. The van der Waals surface area contributed by atoms with Gasteiger partial charge in [-0.3, -0.25) is 14.2 Å². The highest BCUT2D eigenvalue weighted by molar-refractivity contribution is 7.07. The van der Waals surface area contributed by atoms with E-state index in [9.17, 15) is 9.59 Å². The standard InChI is InChI=1S/C35H36N4O2S/c1-22(2)26-13-15-27(16-14-26)32-31(33(40)37-28-10-6-5-7-11-28)24(4)36-35-39(32)34(41)30(42-35)21-25-12-17-29(23(3)20-25)38-18-8-9-19-38/h5-7,10-17,20-22,32H,8-9,18-19H2,1-4H3,(H,37,40)/b30-21+/t32-/m0/s1. The quantitative estimate of drug-likeness (QED) is 0.311. The average Bonchev–Trinajstić information content (AvgIpc) is 3.61. The number of fused-ring (bicyclic) bond motifs is 1. The van der Waals surface area contributed by atoms with Crippen molar-refractivity contribution in [3.8, 4) is 0 Å². The van der Waals surface area contributed by atoms with E-state index in [-0.39, 0.29) is 11.5 Å². The highest BCUT2D eigenvalue weighted by Crippen LogP contribution is 2.32. The first-order valence-electron chi connectivity index (χ1n) is 14.6. The van der Waals surface area contributed by atoms with E-state index in [2.05, 4.69) is 61.3 Å². The van der Waals surface area contributed by atoms with E-state index in [0.29, 0.717) is 32.2 Å². The lowest BCUT2D eigenvalue weighted by Gasteiger charge is -2.25. The molecule has 1 amide bonds. The Morgan fingerprint density at radius 1 is 1.00 bits per heavy atom. The Hall–Kier alpha value is -4.23. The fourth-order valence-corrected chi connectivity index (χ4v) is 6.99. The summed E-state index contributed by atoms with van der Waals surface area (Å²) in [5.41, 5.74) is 7.17. The van der Waals surface area contributed by atoms with Gasteiger partial charge in [0.1, 0.15) is 0 Å². The second kappa shape index (κ2) is 11.6. The Morgan fingerprint density at radius 3 is 2.38 bits per heavy atom. The molecule has 214 valence electrons. The van der Waals surface area contributed by atoms with Gasteiger partial charge in [0.05, 0.1) is 21.8 Å². The van der Waals surface area contributed by atoms with E-state index in [1.54, 1.807) is 4.57 Å². The molecule has 3 heterocycles. The zero-order valence-corrected chi connectivity index (χ0v) is 25.4. The number of hydrogen-bond donors (Lipinski definition) is 1. The summed E-state index contributed by atoms with van der Waals surface area (Å²) in [7, 11) is 0. The molecular weight excluding hydrogens is 540 g/mol. The summed E-state index contributed by atoms with van der Waals surface area (Å²) in [6, 6.07) is 23.4. The van der Waals surface area contributed by atoms with Crippen molar-refractivity contribution in [2.75, 3.05) is 23.3 Å². The largest absolute Gasteiger partial charge is 0.371 e. The number of thiazole rings is 1. The molecule has 1 atom stereocenters. The molecule has 2 aliphatic heterocycles. The van der Waals surface area contributed by atoms with Crippen LogP contribution in [0.15, 0.2) is 93.9 Å². The summed E-state index contributed by atoms with van der Waals surface area (Å²) in [6.45, 7) is 10.5. The van der Waals surface area contributed by atoms with Crippen LogP contribution in [0.3, 0.4) is 0 Å². The highest BCUT2D eigenvalue weighted by atomic mass is 32.1. The van der Waals surface area contributed by atoms with E-state index in [1.807, 2.05) is 55.5 Å². The molecule has 0 radical (unpaired) electrons. The normalized spacial score (nSPS) is 17.0. The second-order valence-electron chi connectivity index (χ2n) is 11.5. The molecule has 1 saturated heterocycles. The first-order chi connectivity index (χ1) is 20.3. The summed E-state index contributed by atoms with van der Waals surface area (Å²) in [6.07, 6.45) is 4.41. The molecule has 42 heavy (non-hydrogen) atoms. The van der Waals surface area contributed by atoms with Crippen molar-refractivity contribution in [2.24, 2.45) is 4.99 Å². The van der Waals surface area contributed by atoms with Crippen LogP contribution in [0.5, 0.6) is 0 Å². The predicted octanol–water partition coefficient (Wildman–Crippen LogP) is 5.91. The van der Waals surface area contributed by atoms with E-state index in [0.717, 1.165) is 24.2 Å². The van der Waals surface area contributed by atoms with Gasteiger partial charge in [-0.2, -0.15) is 0 Å². The molecule has 2 aliphatic rings. The summed E-state index contributed by atoms with van der Waals surface area (Å²) in [5, 5.41) is 3.02. The molecule has 7 heteroatoms. The third-order valence-electron chi connectivity index (χ3n) is 8.18. The van der Waals surface area contributed by atoms with Gasteiger partial charge in [-0.15, -0.1) is 0 Å². The lowest BCUT2D eigenvalue weighted by Crippen LogP contribution is -2.40. The maximum atomic E-state index is 14.1. The Bertz CT molecular complexity index is 1840. The molecule has 0 bridgehead atoms. The Kier molecular flexibility index (Phi) is 7.69. The molecule has 0 saturated carbocycles. The monoisotopic (exact) mass is 576 g/mol. The van der Waals surface area contributed by atoms with Gasteiger partial charge in [0.2, 0.25) is 0 Å². The predicted molar refractivity (Wildman–Crippen MR) is 172 cm³/mol. The zero-order valence-electron chi connectivity index (χ0n) is 24.6. The Morgan fingerprint density at radius 2 is 1.71 bits per heavy atom. The number of hydrogen-bond acceptors (Lipinski definition) is 5. The fourth-order valence-electron chi connectivity index (χ4n) is 5.94. The summed E-state index contributed by atoms with van der Waals surface area (Å²) in [5.74, 6) is 0.113. The highest BCUT2D eigenvalue weighted by Gasteiger charge is 2.32. The molecule has 0 unspecified atom stereocenters. The maximum Gasteiger partial charge on any atom is 0.271 e. The molecule has 0 spiro atoms. The maximum absolute atomic E-state index is 14.1. The number of aryl methyl sites for hydroxylation is 1. The van der Waals surface area contributed by atoms with Crippen LogP contribution in [0.4, 0.5) is 11.4 Å². The Labute approximate surface area is 250 Å². The lowest BCUT2D eigenvalue weighted by atomic mass is 9.93. The van der Waals surface area contributed by atoms with Crippen LogP contribution in [0.25, 0.3) is 6.08 Å². The van der Waals surface area contributed by atoms with Gasteiger partial charge in [-0.05, 0) is 85.2 Å². The number of nitrogens with zero attached hydrogens (tertiary/aromatic N) is 3. The number of anilines is 2. The first kappa shape index (κ1) is 27.9. The summed E-state index contributed by atoms with van der Waals surface area (Å²) < 4.78 is 2.29. The molecule has 6 rings (SSSR count). The van der Waals surface area contributed by atoms with Crippen LogP contribution in [0.2, 0.25) is 0 Å². The van der Waals surface area contributed by atoms with Crippen molar-refractivity contribution < 1.29 is 4.79 Å². The fraction of sp³-hybridized carbons (Fsp3) is 0.286. The van der Waals surface area contributed by atoms with Crippen LogP contribution >= 0.6 is 11.3 Å². The van der Waals surface area contributed by atoms with Crippen LogP contribution < -0.4 is 25.1 Å². The number of para-hydroxylation sites is 1. The average molecular weight is 577 g/mol. The lowest BCUT2D eigenvalue weighted by molar-refractivity contribution is -0.113. The molecule has 1 fully saturated rings. The minimum atomic E-state index is -0.590. The zero-order chi connectivity index (χ0) is 29.4. The van der Waals surface area contributed by atoms with Crippen LogP contribution in [-0.2, 0) is 4.79 Å². The number of nitrogens with one attached hydrogen (secondary N) is 1. The number of rotatable bonds is 6. The second-order valence-corrected chi connectivity index (χ2v) is 12.5. The molecule has 6 nitrogen and oxygen atoms in total. The van der Waals surface area contributed by atoms with E-state index in [4.69, 9.17) is 4.99 Å². The van der Waals surface area contributed by atoms with E-state index >= 15 is 0 Å².